The Morgan fingerprint density at radius 3 is 2.48 bits per heavy atom. The Morgan fingerprint density at radius 2 is 1.96 bits per heavy atom. The number of benzene rings is 1. The maximum absolute atomic E-state index is 9.45. The van der Waals surface area contributed by atoms with E-state index in [-0.39, 0.29) is 12.0 Å². The Kier molecular flexibility index (Phi) is 7.90. The van der Waals surface area contributed by atoms with E-state index in [2.05, 4.69) is 15.6 Å². The zero-order chi connectivity index (χ0) is 18.3. The maximum atomic E-state index is 9.45. The van der Waals surface area contributed by atoms with Gasteiger partial charge in [-0.1, -0.05) is 34.8 Å². The number of ether oxygens (including phenoxy) is 2. The molecule has 6 nitrogen and oxygen atoms in total. The second-order valence-electron chi connectivity index (χ2n) is 5.82. The van der Waals surface area contributed by atoms with Gasteiger partial charge in [-0.3, -0.25) is 4.99 Å². The van der Waals surface area contributed by atoms with Crippen molar-refractivity contribution in [3.05, 3.63) is 27.2 Å². The van der Waals surface area contributed by atoms with Crippen LogP contribution in [0.4, 0.5) is 0 Å². The summed E-state index contributed by atoms with van der Waals surface area (Å²) in [5.74, 6) is 1.06. The lowest BCUT2D eigenvalue weighted by Crippen LogP contribution is -2.49. The molecular formula is C16H22Cl3N3O3. The third kappa shape index (κ3) is 5.79. The molecule has 0 saturated carbocycles. The molecule has 0 aliphatic carbocycles. The fraction of sp³-hybridized carbons (Fsp3) is 0.562. The van der Waals surface area contributed by atoms with Crippen LogP contribution in [0.5, 0.6) is 5.75 Å². The molecule has 0 radical (unpaired) electrons. The second-order valence-corrected chi connectivity index (χ2v) is 7.07. The Labute approximate surface area is 162 Å². The van der Waals surface area contributed by atoms with Crippen molar-refractivity contribution < 1.29 is 14.6 Å². The molecule has 1 aromatic carbocycles. The van der Waals surface area contributed by atoms with E-state index >= 15 is 0 Å². The Balaban J connectivity index is 1.83. The molecule has 1 aliphatic heterocycles. The highest BCUT2D eigenvalue weighted by atomic mass is 35.5. The molecule has 0 spiro atoms. The van der Waals surface area contributed by atoms with Gasteiger partial charge in [0.25, 0.3) is 0 Å². The highest BCUT2D eigenvalue weighted by Crippen LogP contribution is 2.35. The van der Waals surface area contributed by atoms with Crippen molar-refractivity contribution in [3.63, 3.8) is 0 Å². The molecule has 0 bridgehead atoms. The van der Waals surface area contributed by atoms with Crippen molar-refractivity contribution in [1.82, 2.24) is 10.6 Å². The van der Waals surface area contributed by atoms with E-state index in [0.717, 1.165) is 6.54 Å². The van der Waals surface area contributed by atoms with E-state index in [9.17, 15) is 5.11 Å². The van der Waals surface area contributed by atoms with Crippen molar-refractivity contribution in [2.75, 3.05) is 46.1 Å². The van der Waals surface area contributed by atoms with Crippen LogP contribution >= 0.6 is 34.8 Å². The molecule has 9 heteroatoms. The summed E-state index contributed by atoms with van der Waals surface area (Å²) in [6, 6.07) is 3.16. The number of guanidine groups is 1. The van der Waals surface area contributed by atoms with Gasteiger partial charge in [-0.05, 0) is 19.1 Å². The monoisotopic (exact) mass is 409 g/mol. The number of halogens is 3. The van der Waals surface area contributed by atoms with Crippen molar-refractivity contribution in [2.24, 2.45) is 10.4 Å². The summed E-state index contributed by atoms with van der Waals surface area (Å²) >= 11 is 18.0. The van der Waals surface area contributed by atoms with Gasteiger partial charge in [0.1, 0.15) is 6.61 Å². The fourth-order valence-electron chi connectivity index (χ4n) is 2.20. The summed E-state index contributed by atoms with van der Waals surface area (Å²) in [5.41, 5.74) is -0.261. The number of hydrogen-bond donors (Lipinski definition) is 3. The van der Waals surface area contributed by atoms with E-state index in [1.165, 1.54) is 0 Å². The predicted molar refractivity (Wildman–Crippen MR) is 101 cm³/mol. The fourth-order valence-corrected chi connectivity index (χ4v) is 3.13. The molecular weight excluding hydrogens is 389 g/mol. The maximum Gasteiger partial charge on any atom is 0.191 e. The van der Waals surface area contributed by atoms with Gasteiger partial charge >= 0.3 is 0 Å². The molecule has 3 N–H and O–H groups in total. The number of nitrogens with zero attached hydrogens (tertiary/aromatic N) is 1. The van der Waals surface area contributed by atoms with Gasteiger partial charge in [-0.15, -0.1) is 0 Å². The number of rotatable bonds is 8. The summed E-state index contributed by atoms with van der Waals surface area (Å²) in [4.78, 5) is 4.50. The second kappa shape index (κ2) is 9.69. The predicted octanol–water partition coefficient (Wildman–Crippen LogP) is 2.59. The van der Waals surface area contributed by atoms with Crippen LogP contribution in [-0.2, 0) is 4.74 Å². The summed E-state index contributed by atoms with van der Waals surface area (Å²) in [5, 5.41) is 17.0. The molecule has 140 valence electrons. The number of hydrogen-bond acceptors (Lipinski definition) is 4. The van der Waals surface area contributed by atoms with Crippen molar-refractivity contribution in [3.8, 4) is 5.75 Å². The minimum Gasteiger partial charge on any atom is -0.489 e. The van der Waals surface area contributed by atoms with Gasteiger partial charge in [0.05, 0.1) is 48.4 Å². The van der Waals surface area contributed by atoms with Gasteiger partial charge in [-0.25, -0.2) is 0 Å². The Morgan fingerprint density at radius 1 is 1.28 bits per heavy atom. The summed E-state index contributed by atoms with van der Waals surface area (Å²) < 4.78 is 10.8. The van der Waals surface area contributed by atoms with Crippen LogP contribution in [0.15, 0.2) is 17.1 Å². The number of nitrogens with one attached hydrogen (secondary N) is 2. The number of aliphatic hydroxyl groups is 1. The smallest absolute Gasteiger partial charge is 0.191 e. The first-order valence-corrected chi connectivity index (χ1v) is 9.11. The highest BCUT2D eigenvalue weighted by molar-refractivity contribution is 6.40. The van der Waals surface area contributed by atoms with Gasteiger partial charge < -0.3 is 25.2 Å². The zero-order valence-electron chi connectivity index (χ0n) is 13.9. The number of aliphatic hydroxyl groups excluding tert-OH is 1. The minimum atomic E-state index is -0.261. The first kappa shape index (κ1) is 20.4. The van der Waals surface area contributed by atoms with E-state index in [0.29, 0.717) is 59.7 Å². The molecule has 2 rings (SSSR count). The summed E-state index contributed by atoms with van der Waals surface area (Å²) in [6.07, 6.45) is 0. The SMILES string of the molecule is CCNC(=NCC1(CO)COC1)NCCOc1c(Cl)cc(Cl)cc1Cl. The molecule has 0 unspecified atom stereocenters. The normalized spacial score (nSPS) is 16.3. The van der Waals surface area contributed by atoms with Crippen LogP contribution in [0.2, 0.25) is 15.1 Å². The highest BCUT2D eigenvalue weighted by Gasteiger charge is 2.37. The third-order valence-electron chi connectivity index (χ3n) is 3.67. The lowest BCUT2D eigenvalue weighted by atomic mass is 9.87. The van der Waals surface area contributed by atoms with Gasteiger partial charge in [0.2, 0.25) is 0 Å². The summed E-state index contributed by atoms with van der Waals surface area (Å²) in [7, 11) is 0. The molecule has 1 heterocycles. The molecule has 0 atom stereocenters. The number of aliphatic imine (C=N–C) groups is 1. The van der Waals surface area contributed by atoms with Crippen LogP contribution in [0.3, 0.4) is 0 Å². The molecule has 0 amide bonds. The average molecular weight is 411 g/mol. The van der Waals surface area contributed by atoms with E-state index in [1.54, 1.807) is 12.1 Å². The van der Waals surface area contributed by atoms with Crippen molar-refractivity contribution in [2.45, 2.75) is 6.92 Å². The van der Waals surface area contributed by atoms with Crippen molar-refractivity contribution in [1.29, 1.82) is 0 Å². The largest absolute Gasteiger partial charge is 0.489 e. The standard InChI is InChI=1S/C16H22Cl3N3O3/c1-2-20-15(22-7-16(8-23)9-24-10-16)21-3-4-25-14-12(18)5-11(17)6-13(14)19/h5-6,23H,2-4,7-10H2,1H3,(H2,20,21,22). The van der Waals surface area contributed by atoms with Crippen LogP contribution in [-0.4, -0.2) is 57.1 Å². The average Bonchev–Trinajstić information content (AvgIpc) is 2.52. The van der Waals surface area contributed by atoms with Crippen LogP contribution in [0.1, 0.15) is 6.92 Å². The zero-order valence-corrected chi connectivity index (χ0v) is 16.2. The van der Waals surface area contributed by atoms with Gasteiger partial charge in [-0.2, -0.15) is 0 Å². The molecule has 1 saturated heterocycles. The van der Waals surface area contributed by atoms with Crippen LogP contribution in [0.25, 0.3) is 0 Å². The Hall–Kier alpha value is -0.920. The van der Waals surface area contributed by atoms with E-state index in [1.807, 2.05) is 6.92 Å². The molecule has 1 aromatic rings. The van der Waals surface area contributed by atoms with E-state index in [4.69, 9.17) is 44.3 Å². The first-order chi connectivity index (χ1) is 12.0. The van der Waals surface area contributed by atoms with Gasteiger partial charge in [0, 0.05) is 11.6 Å². The third-order valence-corrected chi connectivity index (χ3v) is 4.45. The molecule has 0 aromatic heterocycles. The van der Waals surface area contributed by atoms with Gasteiger partial charge in [0.15, 0.2) is 11.7 Å². The topological polar surface area (TPSA) is 75.1 Å². The lowest BCUT2D eigenvalue weighted by molar-refractivity contribution is -0.130. The quantitative estimate of drug-likeness (QED) is 0.349. The van der Waals surface area contributed by atoms with Crippen molar-refractivity contribution >= 4 is 40.8 Å². The van der Waals surface area contributed by atoms with Crippen LogP contribution in [0, 0.1) is 5.41 Å². The van der Waals surface area contributed by atoms with E-state index < -0.39 is 0 Å². The molecule has 25 heavy (non-hydrogen) atoms. The Bertz CT molecular complexity index is 581. The van der Waals surface area contributed by atoms with Crippen LogP contribution < -0.4 is 15.4 Å². The molecule has 1 aliphatic rings. The molecule has 1 fully saturated rings. The minimum absolute atomic E-state index is 0.0621. The summed E-state index contributed by atoms with van der Waals surface area (Å²) in [6.45, 7) is 5.18. The lowest BCUT2D eigenvalue weighted by Gasteiger charge is -2.38. The first-order valence-electron chi connectivity index (χ1n) is 7.98.